The van der Waals surface area contributed by atoms with Gasteiger partial charge in [-0.15, -0.1) is 0 Å². The summed E-state index contributed by atoms with van der Waals surface area (Å²) in [6.45, 7) is 16.4. The molecular weight excluding hydrogens is 300 g/mol. The molecule has 0 aromatic rings. The zero-order chi connectivity index (χ0) is 18.2. The van der Waals surface area contributed by atoms with E-state index in [-0.39, 0.29) is 0 Å². The van der Waals surface area contributed by atoms with Gasteiger partial charge >= 0.3 is 0 Å². The molecule has 0 bridgehead atoms. The molecule has 0 aromatic carbocycles. The fraction of sp³-hybridized carbons (Fsp3) is 0.760. The lowest BCUT2D eigenvalue weighted by Crippen LogP contribution is -2.53. The molecule has 0 aromatic heterocycles. The summed E-state index contributed by atoms with van der Waals surface area (Å²) in [5, 5.41) is 0. The quantitative estimate of drug-likeness (QED) is 0.416. The van der Waals surface area contributed by atoms with Crippen molar-refractivity contribution in [2.45, 2.75) is 86.0 Å². The van der Waals surface area contributed by atoms with Crippen LogP contribution in [-0.4, -0.2) is 0 Å². The van der Waals surface area contributed by atoms with E-state index < -0.39 is 0 Å². The molecule has 0 radical (unpaired) electrons. The molecule has 3 fully saturated rings. The van der Waals surface area contributed by atoms with E-state index in [2.05, 4.69) is 53.3 Å². The van der Waals surface area contributed by atoms with Gasteiger partial charge in [-0.2, -0.15) is 0 Å². The van der Waals surface area contributed by atoms with Gasteiger partial charge in [0, 0.05) is 0 Å². The molecule has 1 unspecified atom stereocenters. The minimum atomic E-state index is 0.666. The Morgan fingerprint density at radius 3 is 2.48 bits per heavy atom. The van der Waals surface area contributed by atoms with Gasteiger partial charge in [-0.05, 0) is 101 Å². The van der Waals surface area contributed by atoms with E-state index in [4.69, 9.17) is 0 Å². The van der Waals surface area contributed by atoms with E-state index in [0.717, 1.165) is 29.6 Å². The van der Waals surface area contributed by atoms with Crippen molar-refractivity contribution in [3.63, 3.8) is 0 Å². The molecule has 0 nitrogen and oxygen atoms in total. The van der Waals surface area contributed by atoms with Crippen LogP contribution in [0.1, 0.15) is 86.0 Å². The smallest absolute Gasteiger partial charge is 0.0169 e. The summed E-state index contributed by atoms with van der Waals surface area (Å²) in [7, 11) is 0. The zero-order valence-electron chi connectivity index (χ0n) is 17.4. The monoisotopic (exact) mass is 340 g/mol. The standard InChI is InChI=1S/C25H40/c1-17(2)9-7-10-18(3)11-8-12-19(4)21-15-16-25(6)22-14-13-20(5)23(22)24(21)25/h9,11,20-24H,4,7-8,10,12-16H2,1-3,5-6H3/b18-11+/t20-,21+,22+,23-,24+,25?/m0/s1. The van der Waals surface area contributed by atoms with Gasteiger partial charge in [-0.25, -0.2) is 0 Å². The molecule has 3 aliphatic carbocycles. The van der Waals surface area contributed by atoms with E-state index in [1.807, 2.05) is 0 Å². The van der Waals surface area contributed by atoms with Gasteiger partial charge < -0.3 is 0 Å². The Bertz CT molecular complexity index is 559. The maximum Gasteiger partial charge on any atom is -0.0169 e. The molecule has 140 valence electrons. The third-order valence-electron chi connectivity index (χ3n) is 8.08. The van der Waals surface area contributed by atoms with Crippen LogP contribution in [-0.2, 0) is 0 Å². The molecule has 0 N–H and O–H groups in total. The van der Waals surface area contributed by atoms with Crippen LogP contribution in [0.5, 0.6) is 0 Å². The Balaban J connectivity index is 1.50. The number of rotatable bonds is 7. The molecule has 0 saturated heterocycles. The van der Waals surface area contributed by atoms with Gasteiger partial charge in [-0.3, -0.25) is 0 Å². The number of allylic oxidation sites excluding steroid dienone is 5. The molecule has 3 saturated carbocycles. The lowest BCUT2D eigenvalue weighted by atomic mass is 9.47. The van der Waals surface area contributed by atoms with Gasteiger partial charge in [0.2, 0.25) is 0 Å². The van der Waals surface area contributed by atoms with Crippen LogP contribution in [0, 0.1) is 35.0 Å². The molecular formula is C25H40. The van der Waals surface area contributed by atoms with Gasteiger partial charge in [0.25, 0.3) is 0 Å². The summed E-state index contributed by atoms with van der Waals surface area (Å²) in [6.07, 6.45) is 15.5. The third-order valence-corrected chi connectivity index (χ3v) is 8.08. The molecule has 0 spiro atoms. The number of hydrogen-bond donors (Lipinski definition) is 0. The van der Waals surface area contributed by atoms with E-state index in [1.165, 1.54) is 56.9 Å². The molecule has 6 atom stereocenters. The van der Waals surface area contributed by atoms with Crippen molar-refractivity contribution < 1.29 is 0 Å². The van der Waals surface area contributed by atoms with Crippen molar-refractivity contribution in [1.29, 1.82) is 0 Å². The lowest BCUT2D eigenvalue weighted by Gasteiger charge is -2.58. The summed E-state index contributed by atoms with van der Waals surface area (Å²) in [5.74, 6) is 4.82. The van der Waals surface area contributed by atoms with E-state index >= 15 is 0 Å². The van der Waals surface area contributed by atoms with Crippen LogP contribution in [0.25, 0.3) is 0 Å². The van der Waals surface area contributed by atoms with Crippen molar-refractivity contribution in [2.75, 3.05) is 0 Å². The molecule has 0 amide bonds. The highest BCUT2D eigenvalue weighted by Gasteiger charge is 2.66. The molecule has 0 heteroatoms. The number of fused-ring (bicyclic) bond motifs is 4. The van der Waals surface area contributed by atoms with Crippen LogP contribution in [0.2, 0.25) is 0 Å². The van der Waals surface area contributed by atoms with E-state index in [0.29, 0.717) is 5.41 Å². The van der Waals surface area contributed by atoms with Crippen LogP contribution >= 0.6 is 0 Å². The first-order chi connectivity index (χ1) is 11.8. The summed E-state index contributed by atoms with van der Waals surface area (Å²) >= 11 is 0. The number of hydrogen-bond acceptors (Lipinski definition) is 0. The first-order valence-corrected chi connectivity index (χ1v) is 10.8. The Hall–Kier alpha value is -0.780. The fourth-order valence-corrected chi connectivity index (χ4v) is 6.73. The SMILES string of the molecule is C=C(CC/C=C(\C)CCC=C(C)C)[C@H]1CCC2(C)[C@H]1[C@@H]1[C@H]2CC[C@@H]1C. The second-order valence-corrected chi connectivity index (χ2v) is 9.98. The summed E-state index contributed by atoms with van der Waals surface area (Å²) < 4.78 is 0. The van der Waals surface area contributed by atoms with Crippen LogP contribution in [0.4, 0.5) is 0 Å². The Kier molecular flexibility index (Phi) is 5.66. The van der Waals surface area contributed by atoms with Gasteiger partial charge in [0.15, 0.2) is 0 Å². The average Bonchev–Trinajstić information content (AvgIpc) is 3.02. The molecule has 25 heavy (non-hydrogen) atoms. The van der Waals surface area contributed by atoms with E-state index in [1.54, 1.807) is 11.1 Å². The predicted octanol–water partition coefficient (Wildman–Crippen LogP) is 7.72. The third kappa shape index (κ3) is 3.56. The second-order valence-electron chi connectivity index (χ2n) is 9.98. The van der Waals surface area contributed by atoms with Crippen LogP contribution < -0.4 is 0 Å². The molecule has 3 rings (SSSR count). The Labute approximate surface area is 156 Å². The predicted molar refractivity (Wildman–Crippen MR) is 110 cm³/mol. The van der Waals surface area contributed by atoms with Crippen LogP contribution in [0.15, 0.2) is 35.5 Å². The van der Waals surface area contributed by atoms with Crippen LogP contribution in [0.3, 0.4) is 0 Å². The van der Waals surface area contributed by atoms with Crippen molar-refractivity contribution >= 4 is 0 Å². The Morgan fingerprint density at radius 2 is 1.76 bits per heavy atom. The van der Waals surface area contributed by atoms with Crippen molar-refractivity contribution in [3.8, 4) is 0 Å². The minimum Gasteiger partial charge on any atom is -0.0996 e. The fourth-order valence-electron chi connectivity index (χ4n) is 6.73. The average molecular weight is 341 g/mol. The Morgan fingerprint density at radius 1 is 1.04 bits per heavy atom. The summed E-state index contributed by atoms with van der Waals surface area (Å²) in [5.41, 5.74) is 5.22. The van der Waals surface area contributed by atoms with Crippen molar-refractivity contribution in [2.24, 2.45) is 35.0 Å². The topological polar surface area (TPSA) is 0 Å². The van der Waals surface area contributed by atoms with Gasteiger partial charge in [0.05, 0.1) is 0 Å². The maximum atomic E-state index is 4.57. The van der Waals surface area contributed by atoms with Gasteiger partial charge in [0.1, 0.15) is 0 Å². The molecule has 0 aliphatic heterocycles. The summed E-state index contributed by atoms with van der Waals surface area (Å²) in [6, 6.07) is 0. The first kappa shape index (κ1) is 19.0. The highest BCUT2D eigenvalue weighted by atomic mass is 14.7. The normalized spacial score (nSPS) is 39.6. The molecule has 3 aliphatic rings. The highest BCUT2D eigenvalue weighted by Crippen LogP contribution is 2.73. The van der Waals surface area contributed by atoms with Gasteiger partial charge in [-0.1, -0.05) is 55.7 Å². The maximum absolute atomic E-state index is 4.57. The van der Waals surface area contributed by atoms with E-state index in [9.17, 15) is 0 Å². The largest absolute Gasteiger partial charge is 0.0996 e. The van der Waals surface area contributed by atoms with Crippen molar-refractivity contribution in [1.82, 2.24) is 0 Å². The highest BCUT2D eigenvalue weighted by molar-refractivity contribution is 5.21. The first-order valence-electron chi connectivity index (χ1n) is 10.8. The summed E-state index contributed by atoms with van der Waals surface area (Å²) in [4.78, 5) is 0. The zero-order valence-corrected chi connectivity index (χ0v) is 17.4. The second kappa shape index (κ2) is 7.45. The molecule has 0 heterocycles. The van der Waals surface area contributed by atoms with Crippen molar-refractivity contribution in [3.05, 3.63) is 35.5 Å². The lowest BCUT2D eigenvalue weighted by molar-refractivity contribution is -0.0944. The minimum absolute atomic E-state index is 0.666.